The molecule has 1 aromatic carbocycles. The molecule has 0 bridgehead atoms. The van der Waals surface area contributed by atoms with Gasteiger partial charge in [0.1, 0.15) is 0 Å². The van der Waals surface area contributed by atoms with Crippen molar-refractivity contribution < 1.29 is 19.1 Å². The van der Waals surface area contributed by atoms with Crippen LogP contribution in [0.2, 0.25) is 0 Å². The highest BCUT2D eigenvalue weighted by Crippen LogP contribution is 2.28. The number of anilines is 2. The highest BCUT2D eigenvalue weighted by molar-refractivity contribution is 5.99. The predicted octanol–water partition coefficient (Wildman–Crippen LogP) is 0.881. The van der Waals surface area contributed by atoms with E-state index in [-0.39, 0.29) is 24.2 Å². The Morgan fingerprint density at radius 2 is 1.64 bits per heavy atom. The lowest BCUT2D eigenvalue weighted by Gasteiger charge is -2.35. The molecule has 1 atom stereocenters. The quantitative estimate of drug-likeness (QED) is 0.761. The van der Waals surface area contributed by atoms with Gasteiger partial charge in [-0.3, -0.25) is 14.4 Å². The van der Waals surface area contributed by atoms with Gasteiger partial charge in [0.2, 0.25) is 11.8 Å². The molecule has 0 radical (unpaired) electrons. The highest BCUT2D eigenvalue weighted by atomic mass is 16.5. The molecule has 2 amide bonds. The zero-order chi connectivity index (χ0) is 18.0. The summed E-state index contributed by atoms with van der Waals surface area (Å²) in [6.07, 6.45) is 0.196. The normalized spacial score (nSPS) is 20.8. The molecule has 0 saturated carbocycles. The number of amides is 2. The lowest BCUT2D eigenvalue weighted by Crippen LogP contribution is -2.48. The van der Waals surface area contributed by atoms with Crippen molar-refractivity contribution in [3.63, 3.8) is 0 Å². The van der Waals surface area contributed by atoms with Crippen molar-refractivity contribution in [1.82, 2.24) is 4.90 Å². The Labute approximate surface area is 147 Å². The van der Waals surface area contributed by atoms with Crippen LogP contribution in [0.4, 0.5) is 11.4 Å². The first-order chi connectivity index (χ1) is 12.0. The van der Waals surface area contributed by atoms with E-state index in [2.05, 4.69) is 4.90 Å². The molecular formula is C18H23N3O4. The molecule has 7 nitrogen and oxygen atoms in total. The third-order valence-corrected chi connectivity index (χ3v) is 4.91. The fourth-order valence-corrected chi connectivity index (χ4v) is 3.40. The van der Waals surface area contributed by atoms with Crippen molar-refractivity contribution >= 4 is 29.2 Å². The van der Waals surface area contributed by atoms with Crippen LogP contribution in [0, 0.1) is 5.92 Å². The number of carbonyl (C=O) groups excluding carboxylic acids is 3. The van der Waals surface area contributed by atoms with Crippen molar-refractivity contribution in [2.75, 3.05) is 49.6 Å². The molecule has 0 aliphatic carbocycles. The maximum atomic E-state index is 12.2. The summed E-state index contributed by atoms with van der Waals surface area (Å²) < 4.78 is 4.74. The summed E-state index contributed by atoms with van der Waals surface area (Å²) in [7, 11) is 1.34. The molecule has 2 heterocycles. The summed E-state index contributed by atoms with van der Waals surface area (Å²) >= 11 is 0. The number of esters is 1. The third-order valence-electron chi connectivity index (χ3n) is 4.91. The summed E-state index contributed by atoms with van der Waals surface area (Å²) in [6.45, 7) is 5.00. The van der Waals surface area contributed by atoms with Crippen LogP contribution < -0.4 is 9.80 Å². The monoisotopic (exact) mass is 345 g/mol. The lowest BCUT2D eigenvalue weighted by molar-refractivity contribution is -0.145. The van der Waals surface area contributed by atoms with E-state index in [4.69, 9.17) is 4.74 Å². The molecule has 2 aliphatic rings. The van der Waals surface area contributed by atoms with Crippen molar-refractivity contribution in [3.8, 4) is 0 Å². The van der Waals surface area contributed by atoms with Crippen molar-refractivity contribution in [1.29, 1.82) is 0 Å². The van der Waals surface area contributed by atoms with Gasteiger partial charge in [0.05, 0.1) is 13.0 Å². The van der Waals surface area contributed by atoms with Crippen LogP contribution in [-0.2, 0) is 19.1 Å². The van der Waals surface area contributed by atoms with Gasteiger partial charge in [0.15, 0.2) is 0 Å². The van der Waals surface area contributed by atoms with Crippen LogP contribution in [-0.4, -0.2) is 62.5 Å². The van der Waals surface area contributed by atoms with Gasteiger partial charge in [-0.1, -0.05) is 0 Å². The molecular weight excluding hydrogens is 322 g/mol. The van der Waals surface area contributed by atoms with Crippen molar-refractivity contribution in [2.45, 2.75) is 13.3 Å². The molecule has 2 fully saturated rings. The smallest absolute Gasteiger partial charge is 0.311 e. The summed E-state index contributed by atoms with van der Waals surface area (Å²) in [6, 6.07) is 7.78. The topological polar surface area (TPSA) is 70.2 Å². The maximum absolute atomic E-state index is 12.2. The SMILES string of the molecule is COC(=O)C1CC(=O)N(c2ccc(N3CCN(C(C)=O)CC3)cc2)C1. The molecule has 25 heavy (non-hydrogen) atoms. The summed E-state index contributed by atoms with van der Waals surface area (Å²) in [5.41, 5.74) is 1.87. The standard InChI is InChI=1S/C18H23N3O4/c1-13(22)19-7-9-20(10-8-19)15-3-5-16(6-4-15)21-12-14(11-17(21)23)18(24)25-2/h3-6,14H,7-12H2,1-2H3. The van der Waals surface area contributed by atoms with Crippen LogP contribution in [0.15, 0.2) is 24.3 Å². The minimum atomic E-state index is -0.392. The first-order valence-corrected chi connectivity index (χ1v) is 8.48. The molecule has 1 unspecified atom stereocenters. The Morgan fingerprint density at radius 1 is 1.04 bits per heavy atom. The molecule has 0 N–H and O–H groups in total. The summed E-state index contributed by atoms with van der Waals surface area (Å²) in [5, 5.41) is 0. The number of rotatable bonds is 3. The fourth-order valence-electron chi connectivity index (χ4n) is 3.40. The number of nitrogens with zero attached hydrogens (tertiary/aromatic N) is 3. The van der Waals surface area contributed by atoms with Gasteiger partial charge in [-0.2, -0.15) is 0 Å². The second-order valence-electron chi connectivity index (χ2n) is 6.44. The minimum absolute atomic E-state index is 0.0572. The molecule has 1 aromatic rings. The number of hydrogen-bond donors (Lipinski definition) is 0. The van der Waals surface area contributed by atoms with Gasteiger partial charge in [0, 0.05) is 57.4 Å². The predicted molar refractivity (Wildman–Crippen MR) is 93.4 cm³/mol. The maximum Gasteiger partial charge on any atom is 0.311 e. The first kappa shape index (κ1) is 17.3. The summed E-state index contributed by atoms with van der Waals surface area (Å²) in [5.74, 6) is -0.673. The van der Waals surface area contributed by atoms with E-state index >= 15 is 0 Å². The van der Waals surface area contributed by atoms with Gasteiger partial charge >= 0.3 is 5.97 Å². The van der Waals surface area contributed by atoms with Gasteiger partial charge in [-0.05, 0) is 24.3 Å². The lowest BCUT2D eigenvalue weighted by atomic mass is 10.1. The molecule has 0 spiro atoms. The molecule has 2 saturated heterocycles. The molecule has 2 aliphatic heterocycles. The second-order valence-corrected chi connectivity index (χ2v) is 6.44. The van der Waals surface area contributed by atoms with E-state index < -0.39 is 5.92 Å². The first-order valence-electron chi connectivity index (χ1n) is 8.48. The minimum Gasteiger partial charge on any atom is -0.469 e. The van der Waals surface area contributed by atoms with Crippen LogP contribution in [0.3, 0.4) is 0 Å². The van der Waals surface area contributed by atoms with E-state index in [1.807, 2.05) is 29.2 Å². The number of carbonyl (C=O) groups is 3. The average Bonchev–Trinajstić information content (AvgIpc) is 3.03. The number of methoxy groups -OCH3 is 1. The van der Waals surface area contributed by atoms with E-state index in [9.17, 15) is 14.4 Å². The molecule has 3 rings (SSSR count). The van der Waals surface area contributed by atoms with Crippen LogP contribution >= 0.6 is 0 Å². The van der Waals surface area contributed by atoms with Crippen molar-refractivity contribution in [3.05, 3.63) is 24.3 Å². The van der Waals surface area contributed by atoms with Crippen molar-refractivity contribution in [2.24, 2.45) is 5.92 Å². The Hall–Kier alpha value is -2.57. The third kappa shape index (κ3) is 3.60. The second kappa shape index (κ2) is 7.13. The zero-order valence-electron chi connectivity index (χ0n) is 14.6. The summed E-state index contributed by atoms with van der Waals surface area (Å²) in [4.78, 5) is 40.9. The average molecular weight is 345 g/mol. The van der Waals surface area contributed by atoms with E-state index in [1.165, 1.54) is 7.11 Å². The van der Waals surface area contributed by atoms with E-state index in [1.54, 1.807) is 11.8 Å². The largest absolute Gasteiger partial charge is 0.469 e. The fraction of sp³-hybridized carbons (Fsp3) is 0.500. The van der Waals surface area contributed by atoms with Gasteiger partial charge in [-0.25, -0.2) is 0 Å². The number of hydrogen-bond acceptors (Lipinski definition) is 5. The Bertz CT molecular complexity index is 665. The molecule has 0 aromatic heterocycles. The number of ether oxygens (including phenoxy) is 1. The molecule has 7 heteroatoms. The van der Waals surface area contributed by atoms with E-state index in [0.717, 1.165) is 37.6 Å². The Kier molecular flexibility index (Phi) is 4.92. The Morgan fingerprint density at radius 3 is 2.20 bits per heavy atom. The highest BCUT2D eigenvalue weighted by Gasteiger charge is 2.35. The van der Waals surface area contributed by atoms with Crippen LogP contribution in [0.1, 0.15) is 13.3 Å². The zero-order valence-corrected chi connectivity index (χ0v) is 14.6. The van der Waals surface area contributed by atoms with Crippen LogP contribution in [0.25, 0.3) is 0 Å². The number of piperazine rings is 1. The van der Waals surface area contributed by atoms with Gasteiger partial charge < -0.3 is 19.4 Å². The molecule has 134 valence electrons. The Balaban J connectivity index is 1.64. The number of benzene rings is 1. The van der Waals surface area contributed by atoms with E-state index in [0.29, 0.717) is 6.54 Å². The van der Waals surface area contributed by atoms with Crippen LogP contribution in [0.5, 0.6) is 0 Å². The van der Waals surface area contributed by atoms with Gasteiger partial charge in [0.25, 0.3) is 0 Å². The van der Waals surface area contributed by atoms with Gasteiger partial charge in [-0.15, -0.1) is 0 Å².